The van der Waals surface area contributed by atoms with E-state index in [-0.39, 0.29) is 11.5 Å². The zero-order valence-electron chi connectivity index (χ0n) is 14.9. The van der Waals surface area contributed by atoms with Crippen LogP contribution in [-0.2, 0) is 9.84 Å². The fourth-order valence-corrected chi connectivity index (χ4v) is 3.61. The zero-order chi connectivity index (χ0) is 17.6. The van der Waals surface area contributed by atoms with Gasteiger partial charge in [0.05, 0.1) is 24.7 Å². The van der Waals surface area contributed by atoms with Gasteiger partial charge in [-0.05, 0) is 19.3 Å². The molecule has 1 saturated heterocycles. The molecule has 0 spiro atoms. The summed E-state index contributed by atoms with van der Waals surface area (Å²) in [6.45, 7) is 8.81. The highest BCUT2D eigenvalue weighted by Crippen LogP contribution is 2.27. The summed E-state index contributed by atoms with van der Waals surface area (Å²) in [4.78, 5) is 10.9. The van der Waals surface area contributed by atoms with Gasteiger partial charge < -0.3 is 14.8 Å². The van der Waals surface area contributed by atoms with Crippen LogP contribution in [0.25, 0.3) is 0 Å². The predicted octanol–water partition coefficient (Wildman–Crippen LogP) is 1.17. The van der Waals surface area contributed by atoms with Crippen molar-refractivity contribution in [2.45, 2.75) is 33.2 Å². The van der Waals surface area contributed by atoms with Crippen molar-refractivity contribution < 1.29 is 8.42 Å². The van der Waals surface area contributed by atoms with E-state index in [0.717, 1.165) is 32.0 Å². The molecule has 2 rings (SSSR count). The molecule has 8 heteroatoms. The van der Waals surface area contributed by atoms with Crippen molar-refractivity contribution in [3.8, 4) is 0 Å². The monoisotopic (exact) mass is 355 g/mol. The smallest absolute Gasteiger partial charge is 0.194 e. The normalized spacial score (nSPS) is 22.6. The van der Waals surface area contributed by atoms with Crippen LogP contribution in [0.4, 0.5) is 0 Å². The maximum absolute atomic E-state index is 11.7. The highest BCUT2D eigenvalue weighted by Gasteiger charge is 2.28. The quantitative estimate of drug-likeness (QED) is 0.612. The van der Waals surface area contributed by atoms with Crippen molar-refractivity contribution in [2.75, 3.05) is 37.7 Å². The average Bonchev–Trinajstić information content (AvgIpc) is 3.09. The molecular weight excluding hydrogens is 326 g/mol. The first-order valence-corrected chi connectivity index (χ1v) is 10.5. The van der Waals surface area contributed by atoms with Gasteiger partial charge in [0.15, 0.2) is 15.8 Å². The largest absolute Gasteiger partial charge is 0.357 e. The molecule has 1 N–H and O–H groups in total. The van der Waals surface area contributed by atoms with Gasteiger partial charge in [-0.25, -0.2) is 13.4 Å². The third-order valence-corrected chi connectivity index (χ3v) is 6.25. The Labute approximate surface area is 145 Å². The van der Waals surface area contributed by atoms with Gasteiger partial charge in [-0.15, -0.1) is 0 Å². The van der Waals surface area contributed by atoms with Crippen LogP contribution in [0.1, 0.15) is 33.2 Å². The highest BCUT2D eigenvalue weighted by atomic mass is 32.2. The summed E-state index contributed by atoms with van der Waals surface area (Å²) in [5, 5.41) is 3.29. The van der Waals surface area contributed by atoms with Crippen molar-refractivity contribution in [3.05, 3.63) is 18.7 Å². The van der Waals surface area contributed by atoms with Crippen LogP contribution in [-0.4, -0.2) is 66.5 Å². The lowest BCUT2D eigenvalue weighted by Crippen LogP contribution is -2.49. The number of likely N-dealkylation sites (tertiary alicyclic amines) is 1. The molecule has 2 atom stereocenters. The molecule has 1 fully saturated rings. The lowest BCUT2D eigenvalue weighted by atomic mass is 9.93. The average molecular weight is 356 g/mol. The Morgan fingerprint density at radius 2 is 2.21 bits per heavy atom. The van der Waals surface area contributed by atoms with Crippen LogP contribution >= 0.6 is 0 Å². The molecule has 2 unspecified atom stereocenters. The predicted molar refractivity (Wildman–Crippen MR) is 96.9 cm³/mol. The molecule has 1 aromatic rings. The molecule has 0 aromatic carbocycles. The van der Waals surface area contributed by atoms with E-state index in [1.165, 1.54) is 0 Å². The molecule has 7 nitrogen and oxygen atoms in total. The molecule has 2 heterocycles. The number of rotatable bonds is 6. The SMILES string of the molecule is CCNC(=NCCS(=O)(=O)CC)N1CCC(C)C(n2ccnc2)C1. The third kappa shape index (κ3) is 4.96. The summed E-state index contributed by atoms with van der Waals surface area (Å²) in [6, 6.07) is 0.351. The summed E-state index contributed by atoms with van der Waals surface area (Å²) >= 11 is 0. The van der Waals surface area contributed by atoms with E-state index < -0.39 is 9.84 Å². The minimum atomic E-state index is -2.98. The van der Waals surface area contributed by atoms with Gasteiger partial charge in [0.1, 0.15) is 0 Å². The Kier molecular flexibility index (Phi) is 6.65. The van der Waals surface area contributed by atoms with E-state index in [9.17, 15) is 8.42 Å². The molecule has 24 heavy (non-hydrogen) atoms. The fraction of sp³-hybridized carbons (Fsp3) is 0.750. The first-order valence-electron chi connectivity index (χ1n) is 8.68. The van der Waals surface area contributed by atoms with Crippen molar-refractivity contribution in [2.24, 2.45) is 10.9 Å². The number of piperidine rings is 1. The Morgan fingerprint density at radius 3 is 2.83 bits per heavy atom. The van der Waals surface area contributed by atoms with Crippen LogP contribution in [0.3, 0.4) is 0 Å². The second-order valence-electron chi connectivity index (χ2n) is 6.26. The van der Waals surface area contributed by atoms with Crippen molar-refractivity contribution >= 4 is 15.8 Å². The number of sulfone groups is 1. The van der Waals surface area contributed by atoms with Crippen LogP contribution in [0.5, 0.6) is 0 Å². The molecule has 0 bridgehead atoms. The van der Waals surface area contributed by atoms with E-state index in [2.05, 4.69) is 31.7 Å². The standard InChI is InChI=1S/C16H29N5O2S/c1-4-18-16(19-8-11-24(22,23)5-2)20-9-6-14(3)15(12-20)21-10-7-17-13-21/h7,10,13-15H,4-6,8-9,11-12H2,1-3H3,(H,18,19). The second kappa shape index (κ2) is 8.50. The Balaban J connectivity index is 2.06. The number of hydrogen-bond acceptors (Lipinski definition) is 4. The van der Waals surface area contributed by atoms with E-state index >= 15 is 0 Å². The number of hydrogen-bond donors (Lipinski definition) is 1. The molecule has 0 amide bonds. The van der Waals surface area contributed by atoms with Crippen molar-refractivity contribution in [3.63, 3.8) is 0 Å². The number of guanidine groups is 1. The minimum absolute atomic E-state index is 0.105. The summed E-state index contributed by atoms with van der Waals surface area (Å²) in [5.74, 6) is 1.65. The van der Waals surface area contributed by atoms with Crippen LogP contribution < -0.4 is 5.32 Å². The third-order valence-electron chi connectivity index (χ3n) is 4.56. The zero-order valence-corrected chi connectivity index (χ0v) is 15.7. The molecule has 136 valence electrons. The summed E-state index contributed by atoms with van der Waals surface area (Å²) in [7, 11) is -2.98. The Bertz CT molecular complexity index is 627. The van der Waals surface area contributed by atoms with Gasteiger partial charge in [0, 0.05) is 37.8 Å². The highest BCUT2D eigenvalue weighted by molar-refractivity contribution is 7.91. The number of nitrogens with one attached hydrogen (secondary N) is 1. The first-order chi connectivity index (χ1) is 11.5. The van der Waals surface area contributed by atoms with E-state index in [1.807, 2.05) is 19.4 Å². The number of nitrogens with zero attached hydrogens (tertiary/aromatic N) is 4. The topological polar surface area (TPSA) is 79.6 Å². The number of aromatic nitrogens is 2. The van der Waals surface area contributed by atoms with E-state index in [0.29, 0.717) is 18.5 Å². The molecule has 1 aliphatic rings. The molecule has 0 aliphatic carbocycles. The summed E-state index contributed by atoms with van der Waals surface area (Å²) in [5.41, 5.74) is 0. The Morgan fingerprint density at radius 1 is 1.42 bits per heavy atom. The lowest BCUT2D eigenvalue weighted by Gasteiger charge is -2.39. The molecular formula is C16H29N5O2S. The second-order valence-corrected chi connectivity index (χ2v) is 8.73. The van der Waals surface area contributed by atoms with Gasteiger partial charge in [0.25, 0.3) is 0 Å². The lowest BCUT2D eigenvalue weighted by molar-refractivity contribution is 0.189. The van der Waals surface area contributed by atoms with Crippen LogP contribution in [0.15, 0.2) is 23.7 Å². The molecule has 1 aliphatic heterocycles. The van der Waals surface area contributed by atoms with Crippen LogP contribution in [0.2, 0.25) is 0 Å². The first kappa shape index (κ1) is 18.8. The Hall–Kier alpha value is -1.57. The van der Waals surface area contributed by atoms with Gasteiger partial charge in [0.2, 0.25) is 0 Å². The minimum Gasteiger partial charge on any atom is -0.357 e. The van der Waals surface area contributed by atoms with E-state index in [4.69, 9.17) is 0 Å². The van der Waals surface area contributed by atoms with Gasteiger partial charge in [-0.3, -0.25) is 4.99 Å². The number of imidazole rings is 1. The molecule has 1 aromatic heterocycles. The van der Waals surface area contributed by atoms with Crippen molar-refractivity contribution in [1.82, 2.24) is 19.8 Å². The summed E-state index contributed by atoms with van der Waals surface area (Å²) in [6.07, 6.45) is 6.74. The van der Waals surface area contributed by atoms with Crippen molar-refractivity contribution in [1.29, 1.82) is 0 Å². The maximum atomic E-state index is 11.7. The van der Waals surface area contributed by atoms with Gasteiger partial charge in [-0.2, -0.15) is 0 Å². The van der Waals surface area contributed by atoms with Gasteiger partial charge >= 0.3 is 0 Å². The van der Waals surface area contributed by atoms with Crippen LogP contribution in [0, 0.1) is 5.92 Å². The number of aliphatic imine (C=N–C) groups is 1. The fourth-order valence-electron chi connectivity index (χ4n) is 2.96. The molecule has 0 saturated carbocycles. The molecule has 0 radical (unpaired) electrons. The van der Waals surface area contributed by atoms with E-state index in [1.54, 1.807) is 13.1 Å². The summed E-state index contributed by atoms with van der Waals surface area (Å²) < 4.78 is 25.5. The van der Waals surface area contributed by atoms with Gasteiger partial charge in [-0.1, -0.05) is 13.8 Å². The maximum Gasteiger partial charge on any atom is 0.194 e.